The summed E-state index contributed by atoms with van der Waals surface area (Å²) in [7, 11) is 0. The van der Waals surface area contributed by atoms with Crippen LogP contribution in [-0.4, -0.2) is 31.5 Å². The van der Waals surface area contributed by atoms with E-state index in [4.69, 9.17) is 14.6 Å². The third-order valence-corrected chi connectivity index (χ3v) is 3.14. The number of unbranched alkanes of at least 4 members (excludes halogenated alkanes) is 2. The molecule has 0 unspecified atom stereocenters. The van der Waals surface area contributed by atoms with E-state index >= 15 is 0 Å². The Bertz CT molecular complexity index is 382. The van der Waals surface area contributed by atoms with Crippen LogP contribution < -0.4 is 14.8 Å². The van der Waals surface area contributed by atoms with Crippen LogP contribution in [0.2, 0.25) is 0 Å². The van der Waals surface area contributed by atoms with Gasteiger partial charge in [0.15, 0.2) is 0 Å². The average Bonchev–Trinajstić information content (AvgIpc) is 2.51. The van der Waals surface area contributed by atoms with E-state index in [-0.39, 0.29) is 6.61 Å². The lowest BCUT2D eigenvalue weighted by Crippen LogP contribution is -2.13. The van der Waals surface area contributed by atoms with Crippen molar-refractivity contribution in [2.75, 3.05) is 26.4 Å². The molecule has 1 rings (SSSR count). The lowest BCUT2D eigenvalue weighted by molar-refractivity contribution is 0.264. The second kappa shape index (κ2) is 11.4. The van der Waals surface area contributed by atoms with Crippen LogP contribution in [0.4, 0.5) is 0 Å². The normalized spacial score (nSPS) is 10.6. The van der Waals surface area contributed by atoms with Gasteiger partial charge >= 0.3 is 0 Å². The molecule has 0 saturated heterocycles. The first-order valence-corrected chi connectivity index (χ1v) is 8.01. The molecule has 1 aromatic carbocycles. The predicted molar refractivity (Wildman–Crippen MR) is 86.0 cm³/mol. The van der Waals surface area contributed by atoms with Gasteiger partial charge in [-0.1, -0.05) is 19.9 Å². The van der Waals surface area contributed by atoms with Gasteiger partial charge in [-0.05, 0) is 38.3 Å². The van der Waals surface area contributed by atoms with Gasteiger partial charge in [-0.3, -0.25) is 0 Å². The van der Waals surface area contributed by atoms with Gasteiger partial charge in [0.25, 0.3) is 0 Å². The van der Waals surface area contributed by atoms with E-state index < -0.39 is 0 Å². The third-order valence-electron chi connectivity index (χ3n) is 3.14. The topological polar surface area (TPSA) is 50.7 Å². The number of aliphatic hydroxyl groups is 1. The van der Waals surface area contributed by atoms with Gasteiger partial charge < -0.3 is 19.9 Å². The largest absolute Gasteiger partial charge is 0.493 e. The first kappa shape index (κ1) is 17.8. The molecule has 0 fully saturated rings. The molecule has 0 aliphatic heterocycles. The van der Waals surface area contributed by atoms with Gasteiger partial charge in [-0.15, -0.1) is 0 Å². The number of hydrogen-bond donors (Lipinski definition) is 2. The SMILES string of the molecule is CCCOc1ccc(CNCC)c(OCCCCCO)c1. The molecular formula is C17H29NO3. The fraction of sp³-hybridized carbons (Fsp3) is 0.647. The monoisotopic (exact) mass is 295 g/mol. The van der Waals surface area contributed by atoms with Crippen LogP contribution in [0.25, 0.3) is 0 Å². The zero-order valence-electron chi connectivity index (χ0n) is 13.4. The van der Waals surface area contributed by atoms with Crippen LogP contribution >= 0.6 is 0 Å². The number of ether oxygens (including phenoxy) is 2. The smallest absolute Gasteiger partial charge is 0.127 e. The summed E-state index contributed by atoms with van der Waals surface area (Å²) in [6, 6.07) is 6.05. The molecule has 1 aromatic rings. The summed E-state index contributed by atoms with van der Waals surface area (Å²) in [5, 5.41) is 12.1. The van der Waals surface area contributed by atoms with Gasteiger partial charge in [0.2, 0.25) is 0 Å². The highest BCUT2D eigenvalue weighted by molar-refractivity contribution is 5.40. The van der Waals surface area contributed by atoms with Crippen molar-refractivity contribution in [2.24, 2.45) is 0 Å². The second-order valence-corrected chi connectivity index (χ2v) is 5.03. The van der Waals surface area contributed by atoms with Crippen LogP contribution in [0.1, 0.15) is 45.1 Å². The first-order valence-electron chi connectivity index (χ1n) is 8.01. The summed E-state index contributed by atoms with van der Waals surface area (Å²) in [4.78, 5) is 0. The lowest BCUT2D eigenvalue weighted by Gasteiger charge is -2.14. The van der Waals surface area contributed by atoms with Crippen molar-refractivity contribution in [3.63, 3.8) is 0 Å². The summed E-state index contributed by atoms with van der Waals surface area (Å²) in [5.74, 6) is 1.76. The summed E-state index contributed by atoms with van der Waals surface area (Å²) >= 11 is 0. The van der Waals surface area contributed by atoms with Crippen molar-refractivity contribution in [3.05, 3.63) is 23.8 Å². The molecule has 0 aliphatic rings. The van der Waals surface area contributed by atoms with Gasteiger partial charge in [0, 0.05) is 24.8 Å². The molecule has 0 aromatic heterocycles. The molecule has 0 amide bonds. The zero-order valence-corrected chi connectivity index (χ0v) is 13.4. The molecule has 4 heteroatoms. The molecular weight excluding hydrogens is 266 g/mol. The van der Waals surface area contributed by atoms with Crippen molar-refractivity contribution in [1.82, 2.24) is 5.32 Å². The summed E-state index contributed by atoms with van der Waals surface area (Å²) < 4.78 is 11.6. The third kappa shape index (κ3) is 7.34. The van der Waals surface area contributed by atoms with E-state index in [1.54, 1.807) is 0 Å². The second-order valence-electron chi connectivity index (χ2n) is 5.03. The molecule has 0 radical (unpaired) electrons. The molecule has 0 saturated carbocycles. The maximum atomic E-state index is 8.78. The van der Waals surface area contributed by atoms with Crippen LogP contribution in [0, 0.1) is 0 Å². The standard InChI is InChI=1S/C17H29NO3/c1-3-11-20-16-9-8-15(14-18-4-2)17(13-16)21-12-7-5-6-10-19/h8-9,13,18-19H,3-7,10-12,14H2,1-2H3. The maximum Gasteiger partial charge on any atom is 0.127 e. The fourth-order valence-corrected chi connectivity index (χ4v) is 1.96. The Morgan fingerprint density at radius 2 is 1.90 bits per heavy atom. The van der Waals surface area contributed by atoms with Crippen molar-refractivity contribution in [1.29, 1.82) is 0 Å². The van der Waals surface area contributed by atoms with Crippen molar-refractivity contribution in [2.45, 2.75) is 46.1 Å². The van der Waals surface area contributed by atoms with Crippen molar-refractivity contribution in [3.8, 4) is 11.5 Å². The van der Waals surface area contributed by atoms with E-state index in [0.717, 1.165) is 62.4 Å². The number of hydrogen-bond acceptors (Lipinski definition) is 4. The highest BCUT2D eigenvalue weighted by Crippen LogP contribution is 2.25. The minimum absolute atomic E-state index is 0.256. The Balaban J connectivity index is 2.60. The molecule has 0 spiro atoms. The summed E-state index contributed by atoms with van der Waals surface area (Å²) in [6.45, 7) is 7.58. The van der Waals surface area contributed by atoms with Crippen molar-refractivity contribution < 1.29 is 14.6 Å². The average molecular weight is 295 g/mol. The minimum atomic E-state index is 0.256. The fourth-order valence-electron chi connectivity index (χ4n) is 1.96. The lowest BCUT2D eigenvalue weighted by atomic mass is 10.2. The van der Waals surface area contributed by atoms with Gasteiger partial charge in [-0.2, -0.15) is 0 Å². The zero-order chi connectivity index (χ0) is 15.3. The summed E-state index contributed by atoms with van der Waals surface area (Å²) in [6.07, 6.45) is 3.79. The van der Waals surface area contributed by atoms with E-state index in [0.29, 0.717) is 6.61 Å². The van der Waals surface area contributed by atoms with Gasteiger partial charge in [-0.25, -0.2) is 0 Å². The van der Waals surface area contributed by atoms with Gasteiger partial charge in [0.05, 0.1) is 13.2 Å². The Hall–Kier alpha value is -1.26. The molecule has 0 bridgehead atoms. The highest BCUT2D eigenvalue weighted by Gasteiger charge is 2.06. The van der Waals surface area contributed by atoms with Crippen LogP contribution in [0.15, 0.2) is 18.2 Å². The quantitative estimate of drug-likeness (QED) is 0.582. The minimum Gasteiger partial charge on any atom is -0.493 e. The molecule has 2 N–H and O–H groups in total. The Kier molecular flexibility index (Phi) is 9.66. The van der Waals surface area contributed by atoms with Crippen LogP contribution in [0.3, 0.4) is 0 Å². The highest BCUT2D eigenvalue weighted by atomic mass is 16.5. The molecule has 4 nitrogen and oxygen atoms in total. The molecule has 21 heavy (non-hydrogen) atoms. The number of rotatable bonds is 12. The predicted octanol–water partition coefficient (Wildman–Crippen LogP) is 3.13. The first-order chi connectivity index (χ1) is 10.3. The Labute approximate surface area is 128 Å². The summed E-state index contributed by atoms with van der Waals surface area (Å²) in [5.41, 5.74) is 1.16. The van der Waals surface area contributed by atoms with Gasteiger partial charge in [0.1, 0.15) is 11.5 Å². The van der Waals surface area contributed by atoms with E-state index in [9.17, 15) is 0 Å². The number of aliphatic hydroxyl groups excluding tert-OH is 1. The Morgan fingerprint density at radius 3 is 2.62 bits per heavy atom. The van der Waals surface area contributed by atoms with Crippen LogP contribution in [0.5, 0.6) is 11.5 Å². The van der Waals surface area contributed by atoms with Crippen molar-refractivity contribution >= 4 is 0 Å². The van der Waals surface area contributed by atoms with Crippen LogP contribution in [-0.2, 0) is 6.54 Å². The molecule has 0 atom stereocenters. The molecule has 0 aliphatic carbocycles. The number of benzene rings is 1. The molecule has 0 heterocycles. The van der Waals surface area contributed by atoms with E-state index in [1.807, 2.05) is 12.1 Å². The maximum absolute atomic E-state index is 8.78. The molecule has 120 valence electrons. The Morgan fingerprint density at radius 1 is 1.05 bits per heavy atom. The van der Waals surface area contributed by atoms with E-state index in [1.165, 1.54) is 0 Å². The number of nitrogens with one attached hydrogen (secondary N) is 1. The van der Waals surface area contributed by atoms with E-state index in [2.05, 4.69) is 25.2 Å².